The molecule has 0 atom stereocenters. The number of hydrogen-bond donors (Lipinski definition) is 4. The molecular weight excluding hydrogens is 236 g/mol. The van der Waals surface area contributed by atoms with E-state index < -0.39 is 5.09 Å². The summed E-state index contributed by atoms with van der Waals surface area (Å²) in [6.07, 6.45) is 10.5. The fourth-order valence-corrected chi connectivity index (χ4v) is 1.48. The van der Waals surface area contributed by atoms with E-state index >= 15 is 0 Å². The number of nitrogens with zero attached hydrogens (tertiary/aromatic N) is 1. The van der Waals surface area contributed by atoms with Gasteiger partial charge in [-0.05, 0) is 6.42 Å². The predicted molar refractivity (Wildman–Crippen MR) is 71.3 cm³/mol. The Morgan fingerprint density at radius 3 is 2.00 bits per heavy atom. The lowest BCUT2D eigenvalue weighted by molar-refractivity contribution is -0.742. The van der Waals surface area contributed by atoms with Gasteiger partial charge < -0.3 is 16.3 Å². The fraction of sp³-hybridized carbons (Fsp3) is 0.909. The molecule has 18 heavy (non-hydrogen) atoms. The molecule has 7 nitrogen and oxygen atoms in total. The Bertz CT molecular complexity index is 208. The molecule has 108 valence electrons. The predicted octanol–water partition coefficient (Wildman–Crippen LogP) is 2.26. The summed E-state index contributed by atoms with van der Waals surface area (Å²) in [6.45, 7) is 3.09. The minimum atomic E-state index is -1.50. The van der Waals surface area contributed by atoms with Crippen molar-refractivity contribution in [2.24, 2.45) is 5.73 Å². The molecule has 0 saturated heterocycles. The lowest BCUT2D eigenvalue weighted by Gasteiger charge is -2.03. The molecule has 0 rings (SSSR count). The number of nitrogens with one attached hydrogen (secondary N) is 2. The number of rotatable bonds is 9. The lowest BCUT2D eigenvalue weighted by atomic mass is 10.1. The van der Waals surface area contributed by atoms with Gasteiger partial charge in [0.15, 0.2) is 5.96 Å². The number of guanidine groups is 1. The van der Waals surface area contributed by atoms with Crippen LogP contribution in [0.25, 0.3) is 0 Å². The van der Waals surface area contributed by atoms with E-state index in [9.17, 15) is 0 Å². The molecule has 0 spiro atoms. The van der Waals surface area contributed by atoms with Gasteiger partial charge in [0.2, 0.25) is 0 Å². The van der Waals surface area contributed by atoms with Crippen LogP contribution in [-0.4, -0.2) is 22.8 Å². The Morgan fingerprint density at radius 2 is 1.61 bits per heavy atom. The van der Waals surface area contributed by atoms with Crippen molar-refractivity contribution in [3.8, 4) is 0 Å². The third kappa shape index (κ3) is 29.3. The highest BCUT2D eigenvalue weighted by Gasteiger charge is 1.91. The Labute approximate surface area is 108 Å². The summed E-state index contributed by atoms with van der Waals surface area (Å²) in [5.74, 6) is 0.0907. The zero-order chi connectivity index (χ0) is 14.2. The topological polar surface area (TPSA) is 125 Å². The molecule has 0 aliphatic rings. The summed E-state index contributed by atoms with van der Waals surface area (Å²) < 4.78 is 0. The molecule has 0 aliphatic heterocycles. The molecule has 0 fully saturated rings. The van der Waals surface area contributed by atoms with E-state index in [1.807, 2.05) is 0 Å². The monoisotopic (exact) mass is 262 g/mol. The normalized spacial score (nSPS) is 9.17. The van der Waals surface area contributed by atoms with Crippen LogP contribution in [0.2, 0.25) is 0 Å². The van der Waals surface area contributed by atoms with E-state index in [1.165, 1.54) is 44.9 Å². The molecule has 0 radical (unpaired) electrons. The zero-order valence-corrected chi connectivity index (χ0v) is 11.2. The summed E-state index contributed by atoms with van der Waals surface area (Å²) in [7, 11) is 0. The first-order chi connectivity index (χ1) is 8.50. The van der Waals surface area contributed by atoms with Gasteiger partial charge in [-0.1, -0.05) is 51.9 Å². The van der Waals surface area contributed by atoms with Crippen LogP contribution >= 0.6 is 0 Å². The van der Waals surface area contributed by atoms with Gasteiger partial charge in [0.1, 0.15) is 0 Å². The molecule has 0 amide bonds. The summed E-state index contributed by atoms with van der Waals surface area (Å²) >= 11 is 0. The fourth-order valence-electron chi connectivity index (χ4n) is 1.48. The Hall–Kier alpha value is -1.53. The van der Waals surface area contributed by atoms with Crippen molar-refractivity contribution in [1.29, 1.82) is 5.41 Å². The second kappa shape index (κ2) is 15.5. The molecule has 0 saturated carbocycles. The molecular formula is C11H26N4O3. The van der Waals surface area contributed by atoms with Crippen LogP contribution in [0.15, 0.2) is 0 Å². The van der Waals surface area contributed by atoms with Gasteiger partial charge in [-0.2, -0.15) is 0 Å². The van der Waals surface area contributed by atoms with Crippen molar-refractivity contribution in [3.05, 3.63) is 10.1 Å². The van der Waals surface area contributed by atoms with Gasteiger partial charge in [0.05, 0.1) is 0 Å². The van der Waals surface area contributed by atoms with Crippen LogP contribution in [0.3, 0.4) is 0 Å². The lowest BCUT2D eigenvalue weighted by Crippen LogP contribution is -2.30. The highest BCUT2D eigenvalue weighted by molar-refractivity contribution is 5.74. The maximum atomic E-state index is 8.36. The highest BCUT2D eigenvalue weighted by Crippen LogP contribution is 2.07. The third-order valence-corrected chi connectivity index (χ3v) is 2.35. The first-order valence-corrected chi connectivity index (χ1v) is 6.41. The zero-order valence-electron chi connectivity index (χ0n) is 11.2. The van der Waals surface area contributed by atoms with Crippen molar-refractivity contribution in [2.45, 2.75) is 58.3 Å². The number of nitrogens with two attached hydrogens (primary N) is 1. The molecule has 0 aromatic heterocycles. The van der Waals surface area contributed by atoms with E-state index in [1.54, 1.807) is 0 Å². The maximum absolute atomic E-state index is 8.36. The minimum absolute atomic E-state index is 0.0907. The Morgan fingerprint density at radius 1 is 1.22 bits per heavy atom. The molecule has 0 aromatic carbocycles. The molecule has 0 aliphatic carbocycles. The summed E-state index contributed by atoms with van der Waals surface area (Å²) in [5.41, 5.74) is 5.16. The largest absolute Gasteiger partial charge is 0.370 e. The Kier molecular flexibility index (Phi) is 16.2. The van der Waals surface area contributed by atoms with E-state index in [0.717, 1.165) is 13.0 Å². The van der Waals surface area contributed by atoms with Gasteiger partial charge in [0, 0.05) is 6.54 Å². The summed E-state index contributed by atoms with van der Waals surface area (Å²) in [4.78, 5) is 8.36. The molecule has 7 heteroatoms. The minimum Gasteiger partial charge on any atom is -0.370 e. The maximum Gasteiger partial charge on any atom is 0.291 e. The van der Waals surface area contributed by atoms with Gasteiger partial charge in [0.25, 0.3) is 5.09 Å². The van der Waals surface area contributed by atoms with E-state index in [0.29, 0.717) is 0 Å². The number of hydrogen-bond acceptors (Lipinski definition) is 3. The molecule has 5 N–H and O–H groups in total. The Balaban J connectivity index is 0. The third-order valence-electron chi connectivity index (χ3n) is 2.35. The first kappa shape index (κ1) is 18.8. The van der Waals surface area contributed by atoms with Gasteiger partial charge in [-0.25, -0.2) is 0 Å². The first-order valence-electron chi connectivity index (χ1n) is 6.41. The molecule has 0 bridgehead atoms. The van der Waals surface area contributed by atoms with Crippen LogP contribution < -0.4 is 11.1 Å². The molecule has 0 aromatic rings. The van der Waals surface area contributed by atoms with Crippen LogP contribution in [-0.2, 0) is 0 Å². The van der Waals surface area contributed by atoms with E-state index in [-0.39, 0.29) is 5.96 Å². The van der Waals surface area contributed by atoms with Gasteiger partial charge in [-0.15, -0.1) is 10.1 Å². The number of unbranched alkanes of at least 4 members (excludes halogenated alkanes) is 7. The van der Waals surface area contributed by atoms with Gasteiger partial charge in [-0.3, -0.25) is 5.41 Å². The standard InChI is InChI=1S/C11H25N3.HNO3/c1-2-3-4-5-6-7-8-9-10-14-11(12)13;2-1(3)4/h2-10H2,1H3,(H4,12,13,14);(H,2,3,4). The smallest absolute Gasteiger partial charge is 0.291 e. The highest BCUT2D eigenvalue weighted by atomic mass is 16.9. The van der Waals surface area contributed by atoms with Crippen molar-refractivity contribution >= 4 is 5.96 Å². The van der Waals surface area contributed by atoms with Gasteiger partial charge >= 0.3 is 0 Å². The second-order valence-corrected chi connectivity index (χ2v) is 4.05. The van der Waals surface area contributed by atoms with Crippen LogP contribution in [0.1, 0.15) is 58.3 Å². The van der Waals surface area contributed by atoms with Crippen molar-refractivity contribution in [2.75, 3.05) is 6.54 Å². The summed E-state index contributed by atoms with van der Waals surface area (Å²) in [6, 6.07) is 0. The quantitative estimate of drug-likeness (QED) is 0.167. The van der Waals surface area contributed by atoms with Crippen molar-refractivity contribution in [1.82, 2.24) is 5.32 Å². The average molecular weight is 262 g/mol. The van der Waals surface area contributed by atoms with Crippen LogP contribution in [0, 0.1) is 15.5 Å². The van der Waals surface area contributed by atoms with E-state index in [2.05, 4.69) is 12.2 Å². The second-order valence-electron chi connectivity index (χ2n) is 4.05. The molecule has 0 unspecified atom stereocenters. The summed E-state index contributed by atoms with van der Waals surface area (Å²) in [5, 5.41) is 23.4. The van der Waals surface area contributed by atoms with Crippen LogP contribution in [0.4, 0.5) is 0 Å². The van der Waals surface area contributed by atoms with Crippen molar-refractivity contribution < 1.29 is 10.3 Å². The SMILES string of the molecule is CCCCCCCCCCNC(=N)N.O=[N+]([O-])O. The molecule has 0 heterocycles. The van der Waals surface area contributed by atoms with Crippen molar-refractivity contribution in [3.63, 3.8) is 0 Å². The van der Waals surface area contributed by atoms with E-state index in [4.69, 9.17) is 26.5 Å². The van der Waals surface area contributed by atoms with Crippen LogP contribution in [0.5, 0.6) is 0 Å². The average Bonchev–Trinajstić information content (AvgIpc) is 2.26.